The van der Waals surface area contributed by atoms with E-state index in [1.807, 2.05) is 0 Å². The van der Waals surface area contributed by atoms with Crippen LogP contribution in [0, 0.1) is 12.3 Å². The van der Waals surface area contributed by atoms with Gasteiger partial charge in [0.1, 0.15) is 5.75 Å². The predicted molar refractivity (Wildman–Crippen MR) is 79.8 cm³/mol. The van der Waals surface area contributed by atoms with Gasteiger partial charge in [0.15, 0.2) is 0 Å². The van der Waals surface area contributed by atoms with Gasteiger partial charge in [0.2, 0.25) is 0 Å². The molecule has 1 aromatic carbocycles. The Balaban J connectivity index is 0.00000400. The number of carboxylic acid groups (broad SMARTS) is 1. The Morgan fingerprint density at radius 2 is 1.86 bits per heavy atom. The number of carbonyl (C=O) groups is 2. The fourth-order valence-corrected chi connectivity index (χ4v) is 1.97. The van der Waals surface area contributed by atoms with Crippen LogP contribution in [0.3, 0.4) is 0 Å². The number of carbonyl (C=O) groups excluding carboxylic acids is 1. The van der Waals surface area contributed by atoms with Crippen molar-refractivity contribution in [1.82, 2.24) is 0 Å². The lowest BCUT2D eigenvalue weighted by Crippen LogP contribution is -2.38. The van der Waals surface area contributed by atoms with Gasteiger partial charge in [0.05, 0.1) is 18.1 Å². The third-order valence-electron chi connectivity index (χ3n) is 3.45. The second kappa shape index (κ2) is 6.78. The van der Waals surface area contributed by atoms with Crippen molar-refractivity contribution >= 4 is 24.3 Å². The van der Waals surface area contributed by atoms with Crippen LogP contribution in [0.4, 0.5) is 0 Å². The SMILES string of the molecule is COC(=O)C(C)(C)[C@H](N)c1c(C(=O)O)ccc(C)c1O.Cl. The van der Waals surface area contributed by atoms with Gasteiger partial charge in [-0.05, 0) is 32.4 Å². The number of hydrogen-bond acceptors (Lipinski definition) is 5. The van der Waals surface area contributed by atoms with Crippen molar-refractivity contribution in [1.29, 1.82) is 0 Å². The summed E-state index contributed by atoms with van der Waals surface area (Å²) < 4.78 is 4.68. The van der Waals surface area contributed by atoms with E-state index >= 15 is 0 Å². The number of ether oxygens (including phenoxy) is 1. The zero-order chi connectivity index (χ0) is 15.7. The number of nitrogens with two attached hydrogens (primary N) is 1. The molecule has 118 valence electrons. The molecule has 0 amide bonds. The highest BCUT2D eigenvalue weighted by atomic mass is 35.5. The molecule has 0 radical (unpaired) electrons. The summed E-state index contributed by atoms with van der Waals surface area (Å²) in [7, 11) is 1.23. The lowest BCUT2D eigenvalue weighted by molar-refractivity contribution is -0.152. The minimum atomic E-state index is -1.22. The van der Waals surface area contributed by atoms with Crippen LogP contribution in [-0.2, 0) is 9.53 Å². The van der Waals surface area contributed by atoms with Gasteiger partial charge >= 0.3 is 11.9 Å². The van der Waals surface area contributed by atoms with E-state index in [1.54, 1.807) is 6.92 Å². The molecule has 6 nitrogen and oxygen atoms in total. The number of halogens is 1. The van der Waals surface area contributed by atoms with E-state index in [9.17, 15) is 19.8 Å². The van der Waals surface area contributed by atoms with E-state index < -0.39 is 23.4 Å². The van der Waals surface area contributed by atoms with Gasteiger partial charge in [0.25, 0.3) is 0 Å². The van der Waals surface area contributed by atoms with Crippen LogP contribution in [0.15, 0.2) is 12.1 Å². The largest absolute Gasteiger partial charge is 0.507 e. The van der Waals surface area contributed by atoms with Gasteiger partial charge in [-0.15, -0.1) is 12.4 Å². The molecule has 1 aromatic rings. The summed E-state index contributed by atoms with van der Waals surface area (Å²) in [6.07, 6.45) is 0. The zero-order valence-electron chi connectivity index (χ0n) is 12.3. The summed E-state index contributed by atoms with van der Waals surface area (Å²) >= 11 is 0. The van der Waals surface area contributed by atoms with E-state index in [0.717, 1.165) is 0 Å². The number of carboxylic acids is 1. The highest BCUT2D eigenvalue weighted by Gasteiger charge is 2.39. The number of aryl methyl sites for hydroxylation is 1. The number of rotatable bonds is 4. The molecule has 0 saturated heterocycles. The molecule has 0 aliphatic rings. The number of esters is 1. The normalized spacial score (nSPS) is 12.2. The molecule has 0 bridgehead atoms. The third-order valence-corrected chi connectivity index (χ3v) is 3.45. The molecule has 1 rings (SSSR count). The highest BCUT2D eigenvalue weighted by molar-refractivity contribution is 5.91. The van der Waals surface area contributed by atoms with Gasteiger partial charge in [-0.2, -0.15) is 0 Å². The van der Waals surface area contributed by atoms with E-state index in [-0.39, 0.29) is 29.3 Å². The predicted octanol–water partition coefficient (Wildman–Crippen LogP) is 2.02. The monoisotopic (exact) mass is 317 g/mol. The Morgan fingerprint density at radius 1 is 1.33 bits per heavy atom. The van der Waals surface area contributed by atoms with Crippen molar-refractivity contribution in [2.75, 3.05) is 7.11 Å². The van der Waals surface area contributed by atoms with Gasteiger partial charge in [-0.25, -0.2) is 4.79 Å². The van der Waals surface area contributed by atoms with E-state index in [0.29, 0.717) is 5.56 Å². The fourth-order valence-electron chi connectivity index (χ4n) is 1.97. The summed E-state index contributed by atoms with van der Waals surface area (Å²) in [5, 5.41) is 19.3. The maximum atomic E-state index is 11.8. The van der Waals surface area contributed by atoms with Crippen LogP contribution >= 0.6 is 12.4 Å². The summed E-state index contributed by atoms with van der Waals surface area (Å²) in [6, 6.07) is 1.83. The maximum Gasteiger partial charge on any atom is 0.336 e. The Morgan fingerprint density at radius 3 is 2.29 bits per heavy atom. The maximum absolute atomic E-state index is 11.8. The highest BCUT2D eigenvalue weighted by Crippen LogP contribution is 2.39. The number of benzene rings is 1. The fraction of sp³-hybridized carbons (Fsp3) is 0.429. The van der Waals surface area contributed by atoms with Crippen molar-refractivity contribution in [2.45, 2.75) is 26.8 Å². The third kappa shape index (κ3) is 3.46. The van der Waals surface area contributed by atoms with Crippen LogP contribution < -0.4 is 5.73 Å². The van der Waals surface area contributed by atoms with Crippen LogP contribution in [0.25, 0.3) is 0 Å². The average Bonchev–Trinajstić information content (AvgIpc) is 2.39. The number of aromatic carboxylic acids is 1. The summed E-state index contributed by atoms with van der Waals surface area (Å²) in [5.41, 5.74) is 5.25. The number of aromatic hydroxyl groups is 1. The van der Waals surface area contributed by atoms with Gasteiger partial charge in [-0.3, -0.25) is 4.79 Å². The van der Waals surface area contributed by atoms with Gasteiger partial charge in [0, 0.05) is 11.6 Å². The molecular formula is C14H20ClNO5. The van der Waals surface area contributed by atoms with Crippen LogP contribution in [0.2, 0.25) is 0 Å². The smallest absolute Gasteiger partial charge is 0.336 e. The average molecular weight is 318 g/mol. The molecule has 4 N–H and O–H groups in total. The Bertz CT molecular complexity index is 557. The number of hydrogen-bond donors (Lipinski definition) is 3. The summed E-state index contributed by atoms with van der Waals surface area (Å²) in [5.74, 6) is -2.01. The first-order chi connectivity index (χ1) is 9.14. The van der Waals surface area contributed by atoms with Crippen LogP contribution in [-0.4, -0.2) is 29.3 Å². The molecule has 0 aliphatic carbocycles. The Hall–Kier alpha value is -1.79. The van der Waals surface area contributed by atoms with E-state index in [4.69, 9.17) is 5.73 Å². The standard InChI is InChI=1S/C14H19NO5.ClH/c1-7-5-6-8(12(17)18)9(10(7)16)11(15)14(2,3)13(19)20-4;/h5-6,11,16H,15H2,1-4H3,(H,17,18);1H/t11-;/m1./s1. The quantitative estimate of drug-likeness (QED) is 0.733. The molecule has 0 fully saturated rings. The molecule has 0 heterocycles. The molecule has 0 aliphatic heterocycles. The molecule has 0 spiro atoms. The van der Waals surface area contributed by atoms with Gasteiger partial charge < -0.3 is 20.7 Å². The number of phenols is 1. The minimum Gasteiger partial charge on any atom is -0.507 e. The lowest BCUT2D eigenvalue weighted by Gasteiger charge is -2.30. The first-order valence-corrected chi connectivity index (χ1v) is 6.04. The molecule has 21 heavy (non-hydrogen) atoms. The van der Waals surface area contributed by atoms with Crippen molar-refractivity contribution in [3.8, 4) is 5.75 Å². The first-order valence-electron chi connectivity index (χ1n) is 6.04. The second-order valence-electron chi connectivity index (χ2n) is 5.19. The summed E-state index contributed by atoms with van der Waals surface area (Å²) in [6.45, 7) is 4.70. The molecule has 0 saturated carbocycles. The van der Waals surface area contributed by atoms with Crippen LogP contribution in [0.1, 0.15) is 41.4 Å². The molecule has 0 aromatic heterocycles. The van der Waals surface area contributed by atoms with E-state index in [1.165, 1.54) is 33.1 Å². The van der Waals surface area contributed by atoms with Crippen molar-refractivity contribution < 1.29 is 24.5 Å². The lowest BCUT2D eigenvalue weighted by atomic mass is 9.78. The molecule has 1 atom stereocenters. The second-order valence-corrected chi connectivity index (χ2v) is 5.19. The Kier molecular flexibility index (Phi) is 6.20. The Labute approximate surface area is 129 Å². The van der Waals surface area contributed by atoms with Crippen molar-refractivity contribution in [3.05, 3.63) is 28.8 Å². The molecular weight excluding hydrogens is 298 g/mol. The number of methoxy groups -OCH3 is 1. The number of phenolic OH excluding ortho intramolecular Hbond substituents is 1. The van der Waals surface area contributed by atoms with Crippen LogP contribution in [0.5, 0.6) is 5.75 Å². The van der Waals surface area contributed by atoms with Gasteiger partial charge in [-0.1, -0.05) is 6.07 Å². The molecule has 0 unspecified atom stereocenters. The minimum absolute atomic E-state index is 0. The van der Waals surface area contributed by atoms with Crippen molar-refractivity contribution in [2.24, 2.45) is 11.1 Å². The zero-order valence-corrected chi connectivity index (χ0v) is 13.2. The topological polar surface area (TPSA) is 110 Å². The summed E-state index contributed by atoms with van der Waals surface area (Å²) in [4.78, 5) is 23.1. The van der Waals surface area contributed by atoms with Crippen molar-refractivity contribution in [3.63, 3.8) is 0 Å². The molecule has 7 heteroatoms. The van der Waals surface area contributed by atoms with E-state index in [2.05, 4.69) is 4.74 Å². The first kappa shape index (κ1) is 19.2.